The molecule has 0 spiro atoms. The largest absolute Gasteiger partial charge is 0.356 e. The topological polar surface area (TPSA) is 65.5 Å². The van der Waals surface area contributed by atoms with Gasteiger partial charge in [0, 0.05) is 20.1 Å². The number of nitrogens with one attached hydrogen (secondary N) is 3. The molecule has 2 aromatic carbocycles. The van der Waals surface area contributed by atoms with Gasteiger partial charge in [0.2, 0.25) is 5.91 Å². The molecule has 5 nitrogen and oxygen atoms in total. The van der Waals surface area contributed by atoms with Crippen LogP contribution >= 0.6 is 24.0 Å². The van der Waals surface area contributed by atoms with E-state index in [4.69, 9.17) is 0 Å². The molecule has 0 fully saturated rings. The van der Waals surface area contributed by atoms with Gasteiger partial charge in [-0.15, -0.1) is 24.0 Å². The summed E-state index contributed by atoms with van der Waals surface area (Å²) in [6.45, 7) is 5.82. The lowest BCUT2D eigenvalue weighted by molar-refractivity contribution is -0.119. The number of carbonyl (C=O) groups is 1. The van der Waals surface area contributed by atoms with E-state index >= 15 is 0 Å². The van der Waals surface area contributed by atoms with Gasteiger partial charge in [-0.3, -0.25) is 9.79 Å². The molecule has 0 atom stereocenters. The Morgan fingerprint density at radius 1 is 0.857 bits per heavy atom. The Morgan fingerprint density at radius 2 is 1.46 bits per heavy atom. The van der Waals surface area contributed by atoms with E-state index in [-0.39, 0.29) is 36.4 Å². The first kappa shape index (κ1) is 23.9. The summed E-state index contributed by atoms with van der Waals surface area (Å²) in [5.74, 6) is 0.598. The van der Waals surface area contributed by atoms with Crippen LogP contribution in [0.1, 0.15) is 22.3 Å². The minimum atomic E-state index is -0.0387. The van der Waals surface area contributed by atoms with Crippen molar-refractivity contribution in [2.24, 2.45) is 4.99 Å². The fraction of sp³-hybridized carbons (Fsp3) is 0.364. The molecule has 0 saturated carbocycles. The van der Waals surface area contributed by atoms with Crippen molar-refractivity contribution in [2.75, 3.05) is 26.7 Å². The smallest absolute Gasteiger partial charge is 0.239 e. The third kappa shape index (κ3) is 9.21. The van der Waals surface area contributed by atoms with Gasteiger partial charge in [-0.25, -0.2) is 0 Å². The predicted octanol–water partition coefficient (Wildman–Crippen LogP) is 2.99. The van der Waals surface area contributed by atoms with Crippen molar-refractivity contribution in [3.05, 3.63) is 70.8 Å². The van der Waals surface area contributed by atoms with Crippen molar-refractivity contribution in [3.8, 4) is 0 Å². The van der Waals surface area contributed by atoms with E-state index in [2.05, 4.69) is 65.1 Å². The zero-order valence-electron chi connectivity index (χ0n) is 16.9. The first-order chi connectivity index (χ1) is 13.1. The Kier molecular flexibility index (Phi) is 11.2. The molecular formula is C22H31IN4O. The van der Waals surface area contributed by atoms with Crippen molar-refractivity contribution in [1.29, 1.82) is 0 Å². The van der Waals surface area contributed by atoms with Crippen LogP contribution in [0.3, 0.4) is 0 Å². The number of aliphatic imine (C=N–C) groups is 1. The zero-order chi connectivity index (χ0) is 19.5. The van der Waals surface area contributed by atoms with Crippen LogP contribution in [0, 0.1) is 13.8 Å². The van der Waals surface area contributed by atoms with Crippen LogP contribution in [0.15, 0.2) is 53.5 Å². The van der Waals surface area contributed by atoms with Gasteiger partial charge >= 0.3 is 0 Å². The number of benzene rings is 2. The number of hydrogen-bond acceptors (Lipinski definition) is 2. The van der Waals surface area contributed by atoms with Crippen molar-refractivity contribution in [3.63, 3.8) is 0 Å². The molecule has 3 N–H and O–H groups in total. The molecule has 2 rings (SSSR count). The number of hydrogen-bond donors (Lipinski definition) is 3. The lowest BCUT2D eigenvalue weighted by Gasteiger charge is -2.12. The van der Waals surface area contributed by atoms with Gasteiger partial charge in [0.1, 0.15) is 0 Å². The molecule has 0 aliphatic heterocycles. The normalized spacial score (nSPS) is 10.8. The zero-order valence-corrected chi connectivity index (χ0v) is 19.2. The van der Waals surface area contributed by atoms with Gasteiger partial charge in [-0.1, -0.05) is 59.7 Å². The highest BCUT2D eigenvalue weighted by Crippen LogP contribution is 2.08. The second-order valence-electron chi connectivity index (χ2n) is 6.68. The molecule has 6 heteroatoms. The van der Waals surface area contributed by atoms with Crippen LogP contribution < -0.4 is 16.0 Å². The summed E-state index contributed by atoms with van der Waals surface area (Å²) in [6.07, 6.45) is 1.74. The average molecular weight is 494 g/mol. The molecule has 0 aliphatic rings. The molecule has 2 aromatic rings. The van der Waals surface area contributed by atoms with Crippen LogP contribution in [0.5, 0.6) is 0 Å². The molecule has 0 bridgehead atoms. The van der Waals surface area contributed by atoms with Gasteiger partial charge in [0.05, 0.1) is 6.54 Å². The highest BCUT2D eigenvalue weighted by Gasteiger charge is 2.04. The van der Waals surface area contributed by atoms with Crippen LogP contribution in [-0.2, 0) is 17.6 Å². The standard InChI is InChI=1S/C22H30N4O.HI/c1-17-13-18(2)15-20(14-17)10-12-25-22(23-3)26-16-21(27)24-11-9-19-7-5-4-6-8-19;/h4-8,13-15H,9-12,16H2,1-3H3,(H,24,27)(H2,23,25,26);1H. The molecule has 0 heterocycles. The van der Waals surface area contributed by atoms with E-state index in [9.17, 15) is 4.79 Å². The Balaban J connectivity index is 0.00000392. The predicted molar refractivity (Wildman–Crippen MR) is 128 cm³/mol. The molecule has 1 amide bonds. The first-order valence-electron chi connectivity index (χ1n) is 9.39. The third-order valence-electron chi connectivity index (χ3n) is 4.21. The summed E-state index contributed by atoms with van der Waals surface area (Å²) in [6, 6.07) is 16.7. The quantitative estimate of drug-likeness (QED) is 0.301. The van der Waals surface area contributed by atoms with Crippen molar-refractivity contribution >= 4 is 35.8 Å². The monoisotopic (exact) mass is 494 g/mol. The Bertz CT molecular complexity index is 742. The van der Waals surface area contributed by atoms with Gasteiger partial charge < -0.3 is 16.0 Å². The van der Waals surface area contributed by atoms with E-state index in [0.717, 1.165) is 19.4 Å². The summed E-state index contributed by atoms with van der Waals surface area (Å²) >= 11 is 0. The molecule has 0 unspecified atom stereocenters. The molecule has 0 aliphatic carbocycles. The fourth-order valence-electron chi connectivity index (χ4n) is 2.98. The lowest BCUT2D eigenvalue weighted by Crippen LogP contribution is -2.44. The SMILES string of the molecule is CN=C(NCCc1cc(C)cc(C)c1)NCC(=O)NCCc1ccccc1.I. The van der Waals surface area contributed by atoms with Crippen LogP contribution in [0.2, 0.25) is 0 Å². The van der Waals surface area contributed by atoms with E-state index in [1.807, 2.05) is 18.2 Å². The van der Waals surface area contributed by atoms with E-state index in [0.29, 0.717) is 12.5 Å². The van der Waals surface area contributed by atoms with E-state index < -0.39 is 0 Å². The second-order valence-corrected chi connectivity index (χ2v) is 6.68. The fourth-order valence-corrected chi connectivity index (χ4v) is 2.98. The van der Waals surface area contributed by atoms with Gasteiger partial charge in [0.15, 0.2) is 5.96 Å². The summed E-state index contributed by atoms with van der Waals surface area (Å²) in [5, 5.41) is 9.23. The Morgan fingerprint density at radius 3 is 2.11 bits per heavy atom. The first-order valence-corrected chi connectivity index (χ1v) is 9.39. The maximum atomic E-state index is 12.0. The van der Waals surface area contributed by atoms with Gasteiger partial charge in [-0.2, -0.15) is 0 Å². The highest BCUT2D eigenvalue weighted by molar-refractivity contribution is 14.0. The third-order valence-corrected chi connectivity index (χ3v) is 4.21. The van der Waals surface area contributed by atoms with Gasteiger partial charge in [0.25, 0.3) is 0 Å². The number of guanidine groups is 1. The highest BCUT2D eigenvalue weighted by atomic mass is 127. The minimum Gasteiger partial charge on any atom is -0.356 e. The maximum absolute atomic E-state index is 12.0. The van der Waals surface area contributed by atoms with Crippen LogP contribution in [0.25, 0.3) is 0 Å². The Labute approximate surface area is 185 Å². The van der Waals surface area contributed by atoms with Crippen molar-refractivity contribution < 1.29 is 4.79 Å². The molecule has 0 aromatic heterocycles. The maximum Gasteiger partial charge on any atom is 0.239 e. The van der Waals surface area contributed by atoms with Crippen LogP contribution in [0.4, 0.5) is 0 Å². The molecule has 152 valence electrons. The number of halogens is 1. The number of carbonyl (C=O) groups excluding carboxylic acids is 1. The molecule has 0 saturated heterocycles. The molecular weight excluding hydrogens is 463 g/mol. The number of amides is 1. The summed E-state index contributed by atoms with van der Waals surface area (Å²) in [5.41, 5.74) is 5.07. The molecule has 28 heavy (non-hydrogen) atoms. The second kappa shape index (κ2) is 13.1. The molecule has 0 radical (unpaired) electrons. The minimum absolute atomic E-state index is 0. The van der Waals surface area contributed by atoms with E-state index in [1.54, 1.807) is 7.05 Å². The van der Waals surface area contributed by atoms with Gasteiger partial charge in [-0.05, 0) is 37.8 Å². The number of nitrogens with zero attached hydrogens (tertiary/aromatic N) is 1. The number of rotatable bonds is 8. The summed E-state index contributed by atoms with van der Waals surface area (Å²) in [7, 11) is 1.71. The van der Waals surface area contributed by atoms with Crippen LogP contribution in [-0.4, -0.2) is 38.5 Å². The number of aryl methyl sites for hydroxylation is 2. The summed E-state index contributed by atoms with van der Waals surface area (Å²) in [4.78, 5) is 16.1. The van der Waals surface area contributed by atoms with E-state index in [1.165, 1.54) is 22.3 Å². The Hall–Kier alpha value is -2.09. The van der Waals surface area contributed by atoms with Crippen molar-refractivity contribution in [2.45, 2.75) is 26.7 Å². The van der Waals surface area contributed by atoms with Crippen molar-refractivity contribution in [1.82, 2.24) is 16.0 Å². The lowest BCUT2D eigenvalue weighted by atomic mass is 10.1. The average Bonchev–Trinajstić information content (AvgIpc) is 2.64. The summed E-state index contributed by atoms with van der Waals surface area (Å²) < 4.78 is 0.